The normalized spacial score (nSPS) is 10.7. The predicted molar refractivity (Wildman–Crippen MR) is 127 cm³/mol. The van der Waals surface area contributed by atoms with Gasteiger partial charge in [-0.15, -0.1) is 11.3 Å². The molecule has 0 saturated heterocycles. The van der Waals surface area contributed by atoms with E-state index < -0.39 is 24.2 Å². The van der Waals surface area contributed by atoms with Gasteiger partial charge in [0, 0.05) is 18.7 Å². The van der Waals surface area contributed by atoms with Gasteiger partial charge in [0.15, 0.2) is 5.82 Å². The van der Waals surface area contributed by atoms with Crippen LogP contribution in [0.25, 0.3) is 11.4 Å². The molecule has 2 amide bonds. The van der Waals surface area contributed by atoms with Crippen molar-refractivity contribution in [3.8, 4) is 11.4 Å². The topological polar surface area (TPSA) is 124 Å². The number of anilines is 1. The zero-order chi connectivity index (χ0) is 24.8. The summed E-state index contributed by atoms with van der Waals surface area (Å²) in [5.41, 5.74) is 1.16. The van der Waals surface area contributed by atoms with Gasteiger partial charge in [-0.25, -0.2) is 14.2 Å². The minimum absolute atomic E-state index is 0.122. The molecule has 180 valence electrons. The van der Waals surface area contributed by atoms with Crippen LogP contribution in [0, 0.1) is 6.92 Å². The lowest BCUT2D eigenvalue weighted by atomic mass is 10.1. The van der Waals surface area contributed by atoms with Crippen molar-refractivity contribution in [3.63, 3.8) is 0 Å². The Kier molecular flexibility index (Phi) is 8.00. The SMILES string of the molecule is CCOC(=O)c1c(NC(=O)Cn2c(-c3ccccc3)noc2=O)sc(C(=O)N(CC)CC)c1C. The summed E-state index contributed by atoms with van der Waals surface area (Å²) in [5.74, 6) is -2.06. The number of benzene rings is 1. The van der Waals surface area contributed by atoms with Crippen molar-refractivity contribution in [2.24, 2.45) is 0 Å². The Bertz CT molecular complexity index is 1240. The average molecular weight is 487 g/mol. The molecule has 0 aliphatic carbocycles. The summed E-state index contributed by atoms with van der Waals surface area (Å²) in [6, 6.07) is 8.82. The lowest BCUT2D eigenvalue weighted by molar-refractivity contribution is -0.116. The molecule has 2 heterocycles. The molecule has 3 aromatic rings. The second-order valence-electron chi connectivity index (χ2n) is 7.23. The van der Waals surface area contributed by atoms with Crippen LogP contribution >= 0.6 is 11.3 Å². The maximum absolute atomic E-state index is 13.0. The highest BCUT2D eigenvalue weighted by Gasteiger charge is 2.28. The first-order valence-corrected chi connectivity index (χ1v) is 11.6. The van der Waals surface area contributed by atoms with Crippen LogP contribution in [0.3, 0.4) is 0 Å². The Morgan fingerprint density at radius 2 is 1.82 bits per heavy atom. The third-order valence-corrected chi connectivity index (χ3v) is 6.34. The van der Waals surface area contributed by atoms with E-state index in [9.17, 15) is 19.2 Å². The maximum atomic E-state index is 13.0. The van der Waals surface area contributed by atoms with E-state index in [4.69, 9.17) is 9.26 Å². The number of amides is 2. The van der Waals surface area contributed by atoms with Crippen molar-refractivity contribution in [3.05, 3.63) is 56.9 Å². The van der Waals surface area contributed by atoms with Gasteiger partial charge < -0.3 is 15.0 Å². The van der Waals surface area contributed by atoms with Crippen LogP contribution in [-0.2, 0) is 16.1 Å². The summed E-state index contributed by atoms with van der Waals surface area (Å²) in [6.07, 6.45) is 0. The molecule has 10 nitrogen and oxygen atoms in total. The van der Waals surface area contributed by atoms with Gasteiger partial charge >= 0.3 is 11.7 Å². The number of esters is 1. The number of hydrogen-bond acceptors (Lipinski definition) is 8. The molecule has 0 aliphatic heterocycles. The van der Waals surface area contributed by atoms with Crippen molar-refractivity contribution in [2.45, 2.75) is 34.2 Å². The number of carbonyl (C=O) groups is 3. The second kappa shape index (κ2) is 10.9. The minimum atomic E-state index is -0.792. The third-order valence-electron chi connectivity index (χ3n) is 5.14. The molecule has 0 spiro atoms. The van der Waals surface area contributed by atoms with Crippen molar-refractivity contribution in [1.82, 2.24) is 14.6 Å². The highest BCUT2D eigenvalue weighted by atomic mass is 32.1. The molecule has 0 atom stereocenters. The van der Waals surface area contributed by atoms with Gasteiger partial charge in [-0.3, -0.25) is 14.1 Å². The Morgan fingerprint density at radius 3 is 2.44 bits per heavy atom. The van der Waals surface area contributed by atoms with E-state index in [0.29, 0.717) is 29.1 Å². The fourth-order valence-electron chi connectivity index (χ4n) is 3.42. The van der Waals surface area contributed by atoms with Crippen LogP contribution < -0.4 is 11.1 Å². The van der Waals surface area contributed by atoms with E-state index >= 15 is 0 Å². The number of hydrogen-bond donors (Lipinski definition) is 1. The van der Waals surface area contributed by atoms with E-state index in [1.807, 2.05) is 19.9 Å². The van der Waals surface area contributed by atoms with E-state index in [1.165, 1.54) is 0 Å². The monoisotopic (exact) mass is 486 g/mol. The van der Waals surface area contributed by atoms with Crippen LogP contribution in [0.1, 0.15) is 46.4 Å². The lowest BCUT2D eigenvalue weighted by Gasteiger charge is -2.18. The highest BCUT2D eigenvalue weighted by molar-refractivity contribution is 7.18. The molecule has 34 heavy (non-hydrogen) atoms. The number of nitrogens with zero attached hydrogens (tertiary/aromatic N) is 3. The molecule has 0 fully saturated rings. The Morgan fingerprint density at radius 1 is 1.15 bits per heavy atom. The van der Waals surface area contributed by atoms with Crippen molar-refractivity contribution < 1.29 is 23.6 Å². The zero-order valence-electron chi connectivity index (χ0n) is 19.4. The largest absolute Gasteiger partial charge is 0.462 e. The van der Waals surface area contributed by atoms with Crippen molar-refractivity contribution >= 4 is 34.1 Å². The first kappa shape index (κ1) is 24.9. The van der Waals surface area contributed by atoms with E-state index in [1.54, 1.807) is 43.0 Å². The molecule has 0 bridgehead atoms. The summed E-state index contributed by atoms with van der Waals surface area (Å²) in [5, 5.41) is 6.62. The summed E-state index contributed by atoms with van der Waals surface area (Å²) < 4.78 is 11.0. The van der Waals surface area contributed by atoms with E-state index in [0.717, 1.165) is 15.9 Å². The van der Waals surface area contributed by atoms with Crippen LogP contribution in [0.4, 0.5) is 5.00 Å². The molecule has 0 saturated carbocycles. The molecule has 0 unspecified atom stereocenters. The summed E-state index contributed by atoms with van der Waals surface area (Å²) in [4.78, 5) is 52.7. The summed E-state index contributed by atoms with van der Waals surface area (Å²) in [6.45, 7) is 7.78. The number of aromatic nitrogens is 2. The Labute approximate surface area is 200 Å². The van der Waals surface area contributed by atoms with Crippen LogP contribution in [0.2, 0.25) is 0 Å². The number of rotatable bonds is 9. The molecular weight excluding hydrogens is 460 g/mol. The standard InChI is InChI=1S/C23H26N4O6S/c1-5-26(6-2)21(29)18-14(4)17(22(30)32-7-3)20(34-18)24-16(28)13-27-19(25-33-23(27)31)15-11-9-8-10-12-15/h8-12H,5-7,13H2,1-4H3,(H,24,28). The molecule has 3 rings (SSSR count). The minimum Gasteiger partial charge on any atom is -0.462 e. The molecule has 11 heteroatoms. The lowest BCUT2D eigenvalue weighted by Crippen LogP contribution is -2.30. The second-order valence-corrected chi connectivity index (χ2v) is 8.25. The van der Waals surface area contributed by atoms with Crippen LogP contribution in [0.5, 0.6) is 0 Å². The molecule has 0 radical (unpaired) electrons. The first-order chi connectivity index (χ1) is 16.3. The smallest absolute Gasteiger partial charge is 0.442 e. The van der Waals surface area contributed by atoms with Gasteiger partial charge in [0.25, 0.3) is 5.91 Å². The van der Waals surface area contributed by atoms with Gasteiger partial charge in [-0.2, -0.15) is 0 Å². The molecule has 2 aromatic heterocycles. The zero-order valence-corrected chi connectivity index (χ0v) is 20.2. The fourth-order valence-corrected chi connectivity index (χ4v) is 4.60. The molecule has 0 aliphatic rings. The average Bonchev–Trinajstić information content (AvgIpc) is 3.34. The predicted octanol–water partition coefficient (Wildman–Crippen LogP) is 3.17. The van der Waals surface area contributed by atoms with Gasteiger partial charge in [-0.1, -0.05) is 35.5 Å². The first-order valence-electron chi connectivity index (χ1n) is 10.8. The quantitative estimate of drug-likeness (QED) is 0.461. The van der Waals surface area contributed by atoms with Crippen LogP contribution in [-0.4, -0.2) is 52.1 Å². The maximum Gasteiger partial charge on any atom is 0.442 e. The van der Waals surface area contributed by atoms with Crippen molar-refractivity contribution in [2.75, 3.05) is 25.0 Å². The van der Waals surface area contributed by atoms with Crippen molar-refractivity contribution in [1.29, 1.82) is 0 Å². The summed E-state index contributed by atoms with van der Waals surface area (Å²) >= 11 is 1.00. The molecule has 1 aromatic carbocycles. The van der Waals surface area contributed by atoms with E-state index in [2.05, 4.69) is 10.5 Å². The number of ether oxygens (including phenoxy) is 1. The Balaban J connectivity index is 1.93. The highest BCUT2D eigenvalue weighted by Crippen LogP contribution is 2.34. The van der Waals surface area contributed by atoms with Gasteiger partial charge in [0.2, 0.25) is 5.91 Å². The number of nitrogens with one attached hydrogen (secondary N) is 1. The van der Waals surface area contributed by atoms with Gasteiger partial charge in [-0.05, 0) is 33.3 Å². The molecular formula is C23H26N4O6S. The van der Waals surface area contributed by atoms with Crippen LogP contribution in [0.15, 0.2) is 39.6 Å². The molecule has 1 N–H and O–H groups in total. The van der Waals surface area contributed by atoms with Gasteiger partial charge in [0.1, 0.15) is 11.5 Å². The number of thiophene rings is 1. The number of carbonyl (C=O) groups excluding carboxylic acids is 3. The Hall–Kier alpha value is -3.73. The summed E-state index contributed by atoms with van der Waals surface area (Å²) in [7, 11) is 0. The van der Waals surface area contributed by atoms with E-state index in [-0.39, 0.29) is 28.9 Å². The third kappa shape index (κ3) is 5.09. The van der Waals surface area contributed by atoms with Gasteiger partial charge in [0.05, 0.1) is 17.0 Å². The fraction of sp³-hybridized carbons (Fsp3) is 0.348.